The number of nitrogens with zero attached hydrogens (tertiary/aromatic N) is 3. The third-order valence-corrected chi connectivity index (χ3v) is 3.55. The molecule has 0 radical (unpaired) electrons. The molecule has 0 fully saturated rings. The fraction of sp³-hybridized carbons (Fsp3) is 0.286. The van der Waals surface area contributed by atoms with Crippen LogP contribution in [0.5, 0.6) is 0 Å². The smallest absolute Gasteiger partial charge is 0.217 e. The quantitative estimate of drug-likeness (QED) is 0.772. The third kappa shape index (κ3) is 1.69. The molecule has 19 heavy (non-hydrogen) atoms. The Morgan fingerprint density at radius 2 is 2.00 bits per heavy atom. The molecule has 5 nitrogen and oxygen atoms in total. The standard InChI is InChI=1S/C14H16N4O/c1-9-10(7-8-13(15)19)18-12-6-4-3-5-11(12)17(2)14(18)16-9/h3-6H,7-8H2,1-2H3,(H2,15,19). The fourth-order valence-electron chi connectivity index (χ4n) is 2.60. The van der Waals surface area contributed by atoms with Crippen molar-refractivity contribution >= 4 is 22.7 Å². The highest BCUT2D eigenvalue weighted by atomic mass is 16.1. The molecule has 98 valence electrons. The molecule has 0 saturated heterocycles. The van der Waals surface area contributed by atoms with E-state index in [2.05, 4.69) is 26.1 Å². The van der Waals surface area contributed by atoms with Gasteiger partial charge in [-0.1, -0.05) is 12.1 Å². The van der Waals surface area contributed by atoms with Crippen molar-refractivity contribution in [2.24, 2.45) is 12.8 Å². The summed E-state index contributed by atoms with van der Waals surface area (Å²) >= 11 is 0. The number of hydrogen-bond acceptors (Lipinski definition) is 2. The van der Waals surface area contributed by atoms with Gasteiger partial charge in [0.15, 0.2) is 0 Å². The van der Waals surface area contributed by atoms with Crippen molar-refractivity contribution in [1.29, 1.82) is 0 Å². The lowest BCUT2D eigenvalue weighted by Gasteiger charge is -2.00. The SMILES string of the molecule is Cc1nc2n(C)c3ccccc3n2c1CCC(N)=O. The maximum absolute atomic E-state index is 11.0. The number of amides is 1. The van der Waals surface area contributed by atoms with Crippen LogP contribution in [0.15, 0.2) is 24.3 Å². The monoisotopic (exact) mass is 256 g/mol. The number of carbonyl (C=O) groups is 1. The first-order chi connectivity index (χ1) is 9.09. The van der Waals surface area contributed by atoms with Crippen LogP contribution in [0, 0.1) is 6.92 Å². The molecule has 1 amide bonds. The zero-order chi connectivity index (χ0) is 13.6. The van der Waals surface area contributed by atoms with E-state index in [-0.39, 0.29) is 5.91 Å². The van der Waals surface area contributed by atoms with Crippen molar-refractivity contribution in [3.63, 3.8) is 0 Å². The van der Waals surface area contributed by atoms with E-state index in [1.54, 1.807) is 0 Å². The van der Waals surface area contributed by atoms with Gasteiger partial charge in [-0.15, -0.1) is 0 Å². The summed E-state index contributed by atoms with van der Waals surface area (Å²) in [5, 5.41) is 0. The summed E-state index contributed by atoms with van der Waals surface area (Å²) in [7, 11) is 2.00. The van der Waals surface area contributed by atoms with E-state index in [9.17, 15) is 4.79 Å². The number of para-hydroxylation sites is 2. The zero-order valence-corrected chi connectivity index (χ0v) is 11.1. The van der Waals surface area contributed by atoms with E-state index in [0.29, 0.717) is 12.8 Å². The van der Waals surface area contributed by atoms with Crippen LogP contribution in [0.25, 0.3) is 16.8 Å². The van der Waals surface area contributed by atoms with Crippen molar-refractivity contribution in [3.05, 3.63) is 35.7 Å². The van der Waals surface area contributed by atoms with Gasteiger partial charge in [-0.3, -0.25) is 9.20 Å². The fourth-order valence-corrected chi connectivity index (χ4v) is 2.60. The van der Waals surface area contributed by atoms with Gasteiger partial charge >= 0.3 is 0 Å². The summed E-state index contributed by atoms with van der Waals surface area (Å²) in [6, 6.07) is 8.15. The third-order valence-electron chi connectivity index (χ3n) is 3.55. The molecule has 0 unspecified atom stereocenters. The molecule has 0 aliphatic rings. The van der Waals surface area contributed by atoms with Crippen LogP contribution in [0.2, 0.25) is 0 Å². The molecule has 3 rings (SSSR count). The molecule has 5 heteroatoms. The Balaban J connectivity index is 2.29. The number of hydrogen-bond donors (Lipinski definition) is 1. The molecular weight excluding hydrogens is 240 g/mol. The van der Waals surface area contributed by atoms with Crippen molar-refractivity contribution in [2.45, 2.75) is 19.8 Å². The van der Waals surface area contributed by atoms with Crippen LogP contribution < -0.4 is 5.73 Å². The second-order valence-corrected chi connectivity index (χ2v) is 4.79. The van der Waals surface area contributed by atoms with Crippen molar-refractivity contribution in [2.75, 3.05) is 0 Å². The van der Waals surface area contributed by atoms with E-state index < -0.39 is 0 Å². The Bertz CT molecular complexity index is 782. The molecular formula is C14H16N4O. The van der Waals surface area contributed by atoms with E-state index in [1.165, 1.54) is 0 Å². The number of fused-ring (bicyclic) bond motifs is 3. The Hall–Kier alpha value is -2.30. The number of benzene rings is 1. The first-order valence-corrected chi connectivity index (χ1v) is 6.29. The number of primary amides is 1. The second kappa shape index (κ2) is 4.12. The van der Waals surface area contributed by atoms with Crippen LogP contribution in [0.4, 0.5) is 0 Å². The lowest BCUT2D eigenvalue weighted by molar-refractivity contribution is -0.118. The molecule has 1 aromatic carbocycles. The molecule has 3 aromatic rings. The predicted octanol–water partition coefficient (Wildman–Crippen LogP) is 1.55. The van der Waals surface area contributed by atoms with Gasteiger partial charge in [0.25, 0.3) is 0 Å². The summed E-state index contributed by atoms with van der Waals surface area (Å²) < 4.78 is 4.18. The molecule has 0 aliphatic carbocycles. The normalized spacial score (nSPS) is 11.5. The highest BCUT2D eigenvalue weighted by molar-refractivity contribution is 5.81. The van der Waals surface area contributed by atoms with Crippen LogP contribution in [-0.2, 0) is 18.3 Å². The van der Waals surface area contributed by atoms with Crippen molar-refractivity contribution < 1.29 is 4.79 Å². The Labute approximate surface area is 110 Å². The molecule has 2 N–H and O–H groups in total. The number of aromatic nitrogens is 3. The van der Waals surface area contributed by atoms with Crippen LogP contribution in [-0.4, -0.2) is 19.9 Å². The Morgan fingerprint density at radius 1 is 1.32 bits per heavy atom. The highest BCUT2D eigenvalue weighted by Crippen LogP contribution is 2.23. The van der Waals surface area contributed by atoms with E-state index in [0.717, 1.165) is 28.2 Å². The zero-order valence-electron chi connectivity index (χ0n) is 11.1. The van der Waals surface area contributed by atoms with Gasteiger partial charge in [-0.05, 0) is 25.5 Å². The number of aryl methyl sites for hydroxylation is 3. The molecule has 0 bridgehead atoms. The highest BCUT2D eigenvalue weighted by Gasteiger charge is 2.16. The average molecular weight is 256 g/mol. The van der Waals surface area contributed by atoms with Crippen LogP contribution in [0.3, 0.4) is 0 Å². The van der Waals surface area contributed by atoms with Crippen LogP contribution in [0.1, 0.15) is 17.8 Å². The van der Waals surface area contributed by atoms with Crippen molar-refractivity contribution in [3.8, 4) is 0 Å². The first-order valence-electron chi connectivity index (χ1n) is 6.29. The summed E-state index contributed by atoms with van der Waals surface area (Å²) in [6.45, 7) is 1.97. The van der Waals surface area contributed by atoms with Crippen LogP contribution >= 0.6 is 0 Å². The van der Waals surface area contributed by atoms with E-state index in [4.69, 9.17) is 5.73 Å². The Morgan fingerprint density at radius 3 is 2.68 bits per heavy atom. The lowest BCUT2D eigenvalue weighted by atomic mass is 10.2. The van der Waals surface area contributed by atoms with Gasteiger partial charge in [-0.25, -0.2) is 4.98 Å². The van der Waals surface area contributed by atoms with Gasteiger partial charge in [0.2, 0.25) is 11.7 Å². The first kappa shape index (κ1) is 11.8. The van der Waals surface area contributed by atoms with Gasteiger partial charge in [0.05, 0.1) is 16.7 Å². The topological polar surface area (TPSA) is 65.3 Å². The largest absolute Gasteiger partial charge is 0.370 e. The summed E-state index contributed by atoms with van der Waals surface area (Å²) in [6.07, 6.45) is 0.966. The summed E-state index contributed by atoms with van der Waals surface area (Å²) in [4.78, 5) is 15.6. The van der Waals surface area contributed by atoms with Gasteiger partial charge < -0.3 is 10.3 Å². The molecule has 0 atom stereocenters. The minimum Gasteiger partial charge on any atom is -0.370 e. The Kier molecular flexibility index (Phi) is 2.55. The molecule has 0 aliphatic heterocycles. The molecule has 2 heterocycles. The lowest BCUT2D eigenvalue weighted by Crippen LogP contribution is -2.12. The van der Waals surface area contributed by atoms with E-state index >= 15 is 0 Å². The maximum Gasteiger partial charge on any atom is 0.217 e. The predicted molar refractivity (Wildman–Crippen MR) is 73.9 cm³/mol. The summed E-state index contributed by atoms with van der Waals surface area (Å²) in [5.41, 5.74) is 9.51. The minimum absolute atomic E-state index is 0.283. The number of imidazole rings is 2. The summed E-state index contributed by atoms with van der Waals surface area (Å²) in [5.74, 6) is 0.618. The van der Waals surface area contributed by atoms with Gasteiger partial charge in [-0.2, -0.15) is 0 Å². The maximum atomic E-state index is 11.0. The van der Waals surface area contributed by atoms with Crippen molar-refractivity contribution in [1.82, 2.24) is 14.0 Å². The number of nitrogens with two attached hydrogens (primary N) is 1. The van der Waals surface area contributed by atoms with Gasteiger partial charge in [0, 0.05) is 19.2 Å². The minimum atomic E-state index is -0.283. The molecule has 2 aromatic heterocycles. The molecule has 0 saturated carbocycles. The van der Waals surface area contributed by atoms with Gasteiger partial charge in [0.1, 0.15) is 0 Å². The van der Waals surface area contributed by atoms with E-state index in [1.807, 2.05) is 26.1 Å². The number of rotatable bonds is 3. The average Bonchev–Trinajstić information content (AvgIpc) is 2.84. The second-order valence-electron chi connectivity index (χ2n) is 4.79. The number of carbonyl (C=O) groups excluding carboxylic acids is 1. The molecule has 0 spiro atoms.